The minimum atomic E-state index is -3.38. The van der Waals surface area contributed by atoms with Gasteiger partial charge in [0.25, 0.3) is 0 Å². The number of carbonyl (C=O) groups is 1. The zero-order chi connectivity index (χ0) is 15.5. The molecular weight excluding hydrogens is 288 g/mol. The highest BCUT2D eigenvalue weighted by Gasteiger charge is 2.29. The predicted molar refractivity (Wildman–Crippen MR) is 81.4 cm³/mol. The molecule has 1 aromatic rings. The molecule has 0 aliphatic carbocycles. The number of nitrogens with zero attached hydrogens (tertiary/aromatic N) is 1. The van der Waals surface area contributed by atoms with E-state index in [0.29, 0.717) is 25.4 Å². The Morgan fingerprint density at radius 2 is 2.14 bits per heavy atom. The minimum absolute atomic E-state index is 0.0385. The highest BCUT2D eigenvalue weighted by atomic mass is 32.2. The van der Waals surface area contributed by atoms with Crippen LogP contribution in [0.2, 0.25) is 0 Å². The van der Waals surface area contributed by atoms with Gasteiger partial charge in [0.1, 0.15) is 0 Å². The van der Waals surface area contributed by atoms with Gasteiger partial charge >= 0.3 is 0 Å². The first-order valence-corrected chi connectivity index (χ1v) is 8.91. The van der Waals surface area contributed by atoms with Gasteiger partial charge in [0.05, 0.1) is 10.6 Å². The maximum atomic E-state index is 12.3. The lowest BCUT2D eigenvalue weighted by atomic mass is 10.1. The van der Waals surface area contributed by atoms with E-state index >= 15 is 0 Å². The fourth-order valence-corrected chi connectivity index (χ4v) is 3.87. The monoisotopic (exact) mass is 310 g/mol. The van der Waals surface area contributed by atoms with Crippen LogP contribution in [0.3, 0.4) is 0 Å². The van der Waals surface area contributed by atoms with Gasteiger partial charge in [0, 0.05) is 26.1 Å². The van der Waals surface area contributed by atoms with Crippen LogP contribution < -0.4 is 5.73 Å². The van der Waals surface area contributed by atoms with Crippen LogP contribution in [0.5, 0.6) is 0 Å². The molecular formula is C15H22N2O3S. The van der Waals surface area contributed by atoms with Crippen molar-refractivity contribution in [1.29, 1.82) is 0 Å². The van der Waals surface area contributed by atoms with Crippen LogP contribution in [-0.4, -0.2) is 38.1 Å². The smallest absolute Gasteiger partial charge is 0.222 e. The standard InChI is InChI=1S/C15H22N2O3S/c1-2-12-9-15(18)17(11-12)6-7-21(19,20)14-5-3-4-13(8-14)10-16/h3-5,8,12H,2,6-7,9-11,16H2,1H3. The fraction of sp³-hybridized carbons (Fsp3) is 0.533. The second kappa shape index (κ2) is 6.58. The molecule has 21 heavy (non-hydrogen) atoms. The summed E-state index contributed by atoms with van der Waals surface area (Å²) in [5, 5.41) is 0. The van der Waals surface area contributed by atoms with Crippen molar-refractivity contribution in [2.24, 2.45) is 11.7 Å². The van der Waals surface area contributed by atoms with Gasteiger partial charge in [-0.1, -0.05) is 25.5 Å². The van der Waals surface area contributed by atoms with E-state index in [9.17, 15) is 13.2 Å². The Kier molecular flexibility index (Phi) is 5.00. The average molecular weight is 310 g/mol. The lowest BCUT2D eigenvalue weighted by Gasteiger charge is -2.16. The Balaban J connectivity index is 2.03. The van der Waals surface area contributed by atoms with Gasteiger partial charge in [-0.3, -0.25) is 4.79 Å². The zero-order valence-electron chi connectivity index (χ0n) is 12.3. The summed E-state index contributed by atoms with van der Waals surface area (Å²) in [5.74, 6) is 0.386. The Hall–Kier alpha value is -1.40. The van der Waals surface area contributed by atoms with Crippen LogP contribution in [0.1, 0.15) is 25.3 Å². The lowest BCUT2D eigenvalue weighted by Crippen LogP contribution is -2.30. The topological polar surface area (TPSA) is 80.5 Å². The first-order chi connectivity index (χ1) is 9.96. The molecule has 1 heterocycles. The summed E-state index contributed by atoms with van der Waals surface area (Å²) in [6, 6.07) is 6.68. The summed E-state index contributed by atoms with van der Waals surface area (Å²) in [6.45, 7) is 3.31. The number of hydrogen-bond donors (Lipinski definition) is 1. The molecule has 1 aliphatic rings. The van der Waals surface area contributed by atoms with Crippen molar-refractivity contribution in [1.82, 2.24) is 4.90 Å². The number of hydrogen-bond acceptors (Lipinski definition) is 4. The summed E-state index contributed by atoms with van der Waals surface area (Å²) < 4.78 is 24.7. The Labute approximate surface area is 126 Å². The molecule has 0 bridgehead atoms. The fourth-order valence-electron chi connectivity index (χ4n) is 2.56. The SMILES string of the molecule is CCC1CC(=O)N(CCS(=O)(=O)c2cccc(CN)c2)C1. The maximum absolute atomic E-state index is 12.3. The predicted octanol–water partition coefficient (Wildman–Crippen LogP) is 1.18. The third kappa shape index (κ3) is 3.83. The van der Waals surface area contributed by atoms with Gasteiger partial charge < -0.3 is 10.6 Å². The van der Waals surface area contributed by atoms with E-state index in [1.54, 1.807) is 29.2 Å². The molecule has 1 saturated heterocycles. The molecule has 1 amide bonds. The van der Waals surface area contributed by atoms with Crippen molar-refractivity contribution in [3.63, 3.8) is 0 Å². The summed E-state index contributed by atoms with van der Waals surface area (Å²) >= 11 is 0. The van der Waals surface area contributed by atoms with E-state index < -0.39 is 9.84 Å². The number of likely N-dealkylation sites (tertiary alicyclic amines) is 1. The Morgan fingerprint density at radius 3 is 2.76 bits per heavy atom. The lowest BCUT2D eigenvalue weighted by molar-refractivity contribution is -0.127. The number of sulfone groups is 1. The van der Waals surface area contributed by atoms with E-state index in [1.165, 1.54) is 0 Å². The summed E-state index contributed by atoms with van der Waals surface area (Å²) in [7, 11) is -3.38. The molecule has 116 valence electrons. The van der Waals surface area contributed by atoms with Crippen molar-refractivity contribution in [3.05, 3.63) is 29.8 Å². The maximum Gasteiger partial charge on any atom is 0.222 e. The van der Waals surface area contributed by atoms with Gasteiger partial charge in [-0.05, 0) is 23.6 Å². The highest BCUT2D eigenvalue weighted by molar-refractivity contribution is 7.91. The molecule has 1 unspecified atom stereocenters. The van der Waals surface area contributed by atoms with Crippen molar-refractivity contribution in [2.75, 3.05) is 18.8 Å². The average Bonchev–Trinajstić information content (AvgIpc) is 2.86. The van der Waals surface area contributed by atoms with Gasteiger partial charge in [-0.15, -0.1) is 0 Å². The van der Waals surface area contributed by atoms with Crippen molar-refractivity contribution >= 4 is 15.7 Å². The van der Waals surface area contributed by atoms with Crippen LogP contribution in [-0.2, 0) is 21.2 Å². The number of benzene rings is 1. The molecule has 1 aromatic carbocycles. The summed E-state index contributed by atoms with van der Waals surface area (Å²) in [5.41, 5.74) is 6.33. The number of amides is 1. The quantitative estimate of drug-likeness (QED) is 0.855. The molecule has 0 spiro atoms. The molecule has 1 atom stereocenters. The first-order valence-electron chi connectivity index (χ1n) is 7.25. The summed E-state index contributed by atoms with van der Waals surface area (Å²) in [6.07, 6.45) is 1.49. The van der Waals surface area contributed by atoms with Crippen LogP contribution in [0.4, 0.5) is 0 Å². The van der Waals surface area contributed by atoms with Gasteiger partial charge in [-0.2, -0.15) is 0 Å². The van der Waals surface area contributed by atoms with Crippen molar-refractivity contribution in [3.8, 4) is 0 Å². The molecule has 0 aromatic heterocycles. The van der Waals surface area contributed by atoms with Crippen LogP contribution in [0, 0.1) is 5.92 Å². The molecule has 1 aliphatic heterocycles. The van der Waals surface area contributed by atoms with E-state index in [1.807, 2.05) is 0 Å². The van der Waals surface area contributed by atoms with Gasteiger partial charge in [0.2, 0.25) is 5.91 Å². The van der Waals surface area contributed by atoms with Crippen LogP contribution in [0.25, 0.3) is 0 Å². The van der Waals surface area contributed by atoms with E-state index in [4.69, 9.17) is 5.73 Å². The number of rotatable bonds is 6. The van der Waals surface area contributed by atoms with E-state index in [2.05, 4.69) is 6.92 Å². The normalized spacial score (nSPS) is 19.2. The molecule has 0 saturated carbocycles. The van der Waals surface area contributed by atoms with E-state index in [-0.39, 0.29) is 23.1 Å². The van der Waals surface area contributed by atoms with Crippen LogP contribution >= 0.6 is 0 Å². The van der Waals surface area contributed by atoms with E-state index in [0.717, 1.165) is 12.0 Å². The zero-order valence-corrected chi connectivity index (χ0v) is 13.1. The number of nitrogens with two attached hydrogens (primary N) is 1. The van der Waals surface area contributed by atoms with Crippen LogP contribution in [0.15, 0.2) is 29.2 Å². The molecule has 0 radical (unpaired) electrons. The first kappa shape index (κ1) is 16.0. The molecule has 1 fully saturated rings. The molecule has 2 N–H and O–H groups in total. The van der Waals surface area contributed by atoms with Gasteiger partial charge in [-0.25, -0.2) is 8.42 Å². The number of carbonyl (C=O) groups excluding carboxylic acids is 1. The molecule has 5 nitrogen and oxygen atoms in total. The summed E-state index contributed by atoms with van der Waals surface area (Å²) in [4.78, 5) is 13.8. The molecule has 2 rings (SSSR count). The van der Waals surface area contributed by atoms with Crippen molar-refractivity contribution < 1.29 is 13.2 Å². The minimum Gasteiger partial charge on any atom is -0.341 e. The largest absolute Gasteiger partial charge is 0.341 e. The second-order valence-electron chi connectivity index (χ2n) is 5.49. The third-order valence-corrected chi connectivity index (χ3v) is 5.69. The Bertz CT molecular complexity index is 613. The van der Waals surface area contributed by atoms with Gasteiger partial charge in [0.15, 0.2) is 9.84 Å². The van der Waals surface area contributed by atoms with Crippen molar-refractivity contribution in [2.45, 2.75) is 31.2 Å². The Morgan fingerprint density at radius 1 is 1.38 bits per heavy atom. The second-order valence-corrected chi connectivity index (χ2v) is 7.60. The highest BCUT2D eigenvalue weighted by Crippen LogP contribution is 2.21. The molecule has 6 heteroatoms. The third-order valence-electron chi connectivity index (χ3n) is 4.00.